The number of aryl methyl sites for hydroxylation is 1. The Balaban J connectivity index is 1.55. The van der Waals surface area contributed by atoms with E-state index in [1.807, 2.05) is 30.5 Å². The van der Waals surface area contributed by atoms with E-state index >= 15 is 0 Å². The Hall–Kier alpha value is -2.07. The van der Waals surface area contributed by atoms with Crippen molar-refractivity contribution in [3.8, 4) is 0 Å². The van der Waals surface area contributed by atoms with Gasteiger partial charge >= 0.3 is 0 Å². The molecule has 1 amide bonds. The number of carbonyl (C=O) groups is 1. The maximum Gasteiger partial charge on any atom is 0.224 e. The molecule has 0 spiro atoms. The van der Waals surface area contributed by atoms with Gasteiger partial charge < -0.3 is 10.3 Å². The fourth-order valence-corrected chi connectivity index (χ4v) is 2.95. The largest absolute Gasteiger partial charge is 0.361 e. The number of halogens is 1. The SMILES string of the molecule is Cc1ccc2[nH]cc(CCNC(=O)Cc3ccc(Br)cc3)c2c1. The van der Waals surface area contributed by atoms with Crippen LogP contribution in [0.15, 0.2) is 53.1 Å². The molecule has 2 N–H and O–H groups in total. The Morgan fingerprint density at radius 2 is 1.96 bits per heavy atom. The molecule has 0 saturated heterocycles. The molecule has 3 rings (SSSR count). The van der Waals surface area contributed by atoms with E-state index in [1.165, 1.54) is 16.5 Å². The molecule has 0 saturated carbocycles. The molecule has 0 aliphatic rings. The predicted octanol–water partition coefficient (Wildman–Crippen LogP) is 4.14. The van der Waals surface area contributed by atoms with Crippen molar-refractivity contribution >= 4 is 32.7 Å². The zero-order valence-corrected chi connectivity index (χ0v) is 14.6. The molecule has 1 heterocycles. The van der Waals surface area contributed by atoms with Gasteiger partial charge in [-0.15, -0.1) is 0 Å². The summed E-state index contributed by atoms with van der Waals surface area (Å²) in [7, 11) is 0. The molecule has 0 radical (unpaired) electrons. The summed E-state index contributed by atoms with van der Waals surface area (Å²) in [5, 5.41) is 4.24. The Bertz CT molecular complexity index is 821. The molecule has 1 aromatic heterocycles. The minimum atomic E-state index is 0.0587. The molecule has 2 aromatic carbocycles. The number of amides is 1. The number of fused-ring (bicyclic) bond motifs is 1. The van der Waals surface area contributed by atoms with Gasteiger partial charge in [-0.3, -0.25) is 4.79 Å². The topological polar surface area (TPSA) is 44.9 Å². The molecular formula is C19H19BrN2O. The van der Waals surface area contributed by atoms with Crippen LogP contribution in [0.3, 0.4) is 0 Å². The van der Waals surface area contributed by atoms with Crippen molar-refractivity contribution in [3.05, 3.63) is 69.8 Å². The Morgan fingerprint density at radius 3 is 2.74 bits per heavy atom. The first-order valence-electron chi connectivity index (χ1n) is 7.69. The predicted molar refractivity (Wildman–Crippen MR) is 97.6 cm³/mol. The summed E-state index contributed by atoms with van der Waals surface area (Å²) in [4.78, 5) is 15.3. The molecule has 0 atom stereocenters. The van der Waals surface area contributed by atoms with Crippen molar-refractivity contribution in [2.75, 3.05) is 6.54 Å². The molecular weight excluding hydrogens is 352 g/mol. The number of nitrogens with one attached hydrogen (secondary N) is 2. The lowest BCUT2D eigenvalue weighted by atomic mass is 10.1. The lowest BCUT2D eigenvalue weighted by molar-refractivity contribution is -0.120. The van der Waals surface area contributed by atoms with E-state index in [9.17, 15) is 4.79 Å². The van der Waals surface area contributed by atoms with Gasteiger partial charge in [0.25, 0.3) is 0 Å². The number of benzene rings is 2. The third-order valence-electron chi connectivity index (χ3n) is 3.92. The van der Waals surface area contributed by atoms with Crippen LogP contribution in [-0.2, 0) is 17.6 Å². The monoisotopic (exact) mass is 370 g/mol. The summed E-state index contributed by atoms with van der Waals surface area (Å²) in [5.41, 5.74) is 4.66. The maximum atomic E-state index is 12.0. The minimum Gasteiger partial charge on any atom is -0.361 e. The van der Waals surface area contributed by atoms with Gasteiger partial charge in [0.1, 0.15) is 0 Å². The normalized spacial score (nSPS) is 10.9. The Labute approximate surface area is 144 Å². The second-order valence-electron chi connectivity index (χ2n) is 5.77. The van der Waals surface area contributed by atoms with Crippen LogP contribution in [0.2, 0.25) is 0 Å². The first-order valence-corrected chi connectivity index (χ1v) is 8.49. The highest BCUT2D eigenvalue weighted by molar-refractivity contribution is 9.10. The number of carbonyl (C=O) groups excluding carboxylic acids is 1. The molecule has 0 aliphatic heterocycles. The fourth-order valence-electron chi connectivity index (χ4n) is 2.69. The second kappa shape index (κ2) is 7.01. The quantitative estimate of drug-likeness (QED) is 0.696. The van der Waals surface area contributed by atoms with Gasteiger partial charge in [-0.2, -0.15) is 0 Å². The van der Waals surface area contributed by atoms with Crippen molar-refractivity contribution in [1.82, 2.24) is 10.3 Å². The first-order chi connectivity index (χ1) is 11.1. The van der Waals surface area contributed by atoms with E-state index in [4.69, 9.17) is 0 Å². The average Bonchev–Trinajstić information content (AvgIpc) is 2.92. The molecule has 0 aliphatic carbocycles. The van der Waals surface area contributed by atoms with Gasteiger partial charge in [-0.1, -0.05) is 39.7 Å². The molecule has 3 nitrogen and oxygen atoms in total. The molecule has 0 bridgehead atoms. The van der Waals surface area contributed by atoms with Gasteiger partial charge in [0, 0.05) is 28.1 Å². The number of hydrogen-bond acceptors (Lipinski definition) is 1. The Kier molecular flexibility index (Phi) is 4.82. The van der Waals surface area contributed by atoms with Crippen molar-refractivity contribution in [2.24, 2.45) is 0 Å². The van der Waals surface area contributed by atoms with Crippen molar-refractivity contribution in [2.45, 2.75) is 19.8 Å². The van der Waals surface area contributed by atoms with Crippen LogP contribution < -0.4 is 5.32 Å². The zero-order valence-electron chi connectivity index (χ0n) is 13.0. The molecule has 0 fully saturated rings. The molecule has 0 unspecified atom stereocenters. The lowest BCUT2D eigenvalue weighted by Gasteiger charge is -2.05. The van der Waals surface area contributed by atoms with Crippen molar-refractivity contribution in [1.29, 1.82) is 0 Å². The fraction of sp³-hybridized carbons (Fsp3) is 0.211. The van der Waals surface area contributed by atoms with Gasteiger partial charge in [-0.25, -0.2) is 0 Å². The first kappa shape index (κ1) is 15.8. The highest BCUT2D eigenvalue weighted by atomic mass is 79.9. The lowest BCUT2D eigenvalue weighted by Crippen LogP contribution is -2.27. The van der Waals surface area contributed by atoms with Gasteiger partial charge in [0.2, 0.25) is 5.91 Å². The smallest absolute Gasteiger partial charge is 0.224 e. The highest BCUT2D eigenvalue weighted by Gasteiger charge is 2.06. The van der Waals surface area contributed by atoms with E-state index in [1.54, 1.807) is 0 Å². The van der Waals surface area contributed by atoms with E-state index in [0.717, 1.165) is 22.0 Å². The highest BCUT2D eigenvalue weighted by Crippen LogP contribution is 2.19. The summed E-state index contributed by atoms with van der Waals surface area (Å²) >= 11 is 3.40. The summed E-state index contributed by atoms with van der Waals surface area (Å²) in [6.07, 6.45) is 3.28. The van der Waals surface area contributed by atoms with Crippen LogP contribution in [0.5, 0.6) is 0 Å². The van der Waals surface area contributed by atoms with E-state index in [2.05, 4.69) is 51.4 Å². The van der Waals surface area contributed by atoms with Crippen LogP contribution in [-0.4, -0.2) is 17.4 Å². The summed E-state index contributed by atoms with van der Waals surface area (Å²) in [6, 6.07) is 14.2. The van der Waals surface area contributed by atoms with Crippen LogP contribution in [0.25, 0.3) is 10.9 Å². The average molecular weight is 371 g/mol. The van der Waals surface area contributed by atoms with E-state index in [-0.39, 0.29) is 5.91 Å². The van der Waals surface area contributed by atoms with Gasteiger partial charge in [0.05, 0.1) is 6.42 Å². The standard InChI is InChI=1S/C19H19BrN2O/c1-13-2-7-18-17(10-13)15(12-22-18)8-9-21-19(23)11-14-3-5-16(20)6-4-14/h2-7,10,12,22H,8-9,11H2,1H3,(H,21,23). The summed E-state index contributed by atoms with van der Waals surface area (Å²) < 4.78 is 1.02. The zero-order chi connectivity index (χ0) is 16.2. The van der Waals surface area contributed by atoms with E-state index < -0.39 is 0 Å². The van der Waals surface area contributed by atoms with Crippen LogP contribution in [0.1, 0.15) is 16.7 Å². The number of aromatic nitrogens is 1. The van der Waals surface area contributed by atoms with Crippen LogP contribution in [0, 0.1) is 6.92 Å². The Morgan fingerprint density at radius 1 is 1.17 bits per heavy atom. The third-order valence-corrected chi connectivity index (χ3v) is 4.45. The second-order valence-corrected chi connectivity index (χ2v) is 6.68. The van der Waals surface area contributed by atoms with Gasteiger partial charge in [0.15, 0.2) is 0 Å². The minimum absolute atomic E-state index is 0.0587. The van der Waals surface area contributed by atoms with E-state index in [0.29, 0.717) is 13.0 Å². The van der Waals surface area contributed by atoms with Crippen molar-refractivity contribution < 1.29 is 4.79 Å². The molecule has 3 aromatic rings. The number of rotatable bonds is 5. The number of aromatic amines is 1. The molecule has 118 valence electrons. The van der Waals surface area contributed by atoms with Crippen LogP contribution in [0.4, 0.5) is 0 Å². The number of H-pyrrole nitrogens is 1. The molecule has 23 heavy (non-hydrogen) atoms. The third kappa shape index (κ3) is 4.02. The van der Waals surface area contributed by atoms with Crippen LogP contribution >= 0.6 is 15.9 Å². The summed E-state index contributed by atoms with van der Waals surface area (Å²) in [6.45, 7) is 2.74. The van der Waals surface area contributed by atoms with Gasteiger partial charge in [-0.05, 0) is 48.7 Å². The maximum absolute atomic E-state index is 12.0. The van der Waals surface area contributed by atoms with Crippen molar-refractivity contribution in [3.63, 3.8) is 0 Å². The number of hydrogen-bond donors (Lipinski definition) is 2. The summed E-state index contributed by atoms with van der Waals surface area (Å²) in [5.74, 6) is 0.0587. The molecule has 4 heteroatoms.